The largest absolute Gasteiger partial charge is 0.496 e. The van der Waals surface area contributed by atoms with Crippen LogP contribution in [-0.4, -0.2) is 13.2 Å². The summed E-state index contributed by atoms with van der Waals surface area (Å²) in [7, 11) is 1.66. The molecule has 0 amide bonds. The third-order valence-corrected chi connectivity index (χ3v) is 3.23. The van der Waals surface area contributed by atoms with Crippen molar-refractivity contribution in [2.75, 3.05) is 7.11 Å². The van der Waals surface area contributed by atoms with Crippen LogP contribution >= 0.6 is 0 Å². The number of para-hydroxylation sites is 1. The summed E-state index contributed by atoms with van der Waals surface area (Å²) >= 11 is 0. The van der Waals surface area contributed by atoms with Gasteiger partial charge in [0.15, 0.2) is 0 Å². The SMILES string of the molecule is COc1ccccc1C=C1CCCCC1N=O. The maximum atomic E-state index is 10.8. The van der Waals surface area contributed by atoms with Gasteiger partial charge in [0.05, 0.1) is 7.11 Å². The molecule has 0 heterocycles. The van der Waals surface area contributed by atoms with Crippen LogP contribution in [0.5, 0.6) is 5.75 Å². The van der Waals surface area contributed by atoms with Crippen molar-refractivity contribution in [2.45, 2.75) is 31.7 Å². The molecule has 3 nitrogen and oxygen atoms in total. The molecule has 1 aliphatic carbocycles. The summed E-state index contributed by atoms with van der Waals surface area (Å²) in [5, 5.41) is 3.22. The maximum Gasteiger partial charge on any atom is 0.126 e. The molecule has 90 valence electrons. The quantitative estimate of drug-likeness (QED) is 0.742. The van der Waals surface area contributed by atoms with E-state index in [1.54, 1.807) is 7.11 Å². The molecular formula is C14H17NO2. The van der Waals surface area contributed by atoms with Crippen molar-refractivity contribution in [3.8, 4) is 5.75 Å². The summed E-state index contributed by atoms with van der Waals surface area (Å²) in [4.78, 5) is 10.8. The van der Waals surface area contributed by atoms with Gasteiger partial charge < -0.3 is 4.74 Å². The monoisotopic (exact) mass is 231 g/mol. The third kappa shape index (κ3) is 2.73. The van der Waals surface area contributed by atoms with Gasteiger partial charge in [-0.3, -0.25) is 0 Å². The molecule has 1 atom stereocenters. The van der Waals surface area contributed by atoms with Crippen molar-refractivity contribution in [3.05, 3.63) is 40.3 Å². The van der Waals surface area contributed by atoms with E-state index < -0.39 is 0 Å². The highest BCUT2D eigenvalue weighted by Gasteiger charge is 2.19. The molecule has 2 rings (SSSR count). The fraction of sp³-hybridized carbons (Fsp3) is 0.429. The van der Waals surface area contributed by atoms with Crippen molar-refractivity contribution < 1.29 is 4.74 Å². The minimum absolute atomic E-state index is 0.145. The Morgan fingerprint density at radius 3 is 2.94 bits per heavy atom. The second-order valence-corrected chi connectivity index (χ2v) is 4.33. The number of nitroso groups, excluding NO2 is 1. The summed E-state index contributed by atoms with van der Waals surface area (Å²) in [5.41, 5.74) is 2.16. The molecule has 1 aromatic carbocycles. The standard InChI is InChI=1S/C14H17NO2/c1-17-14-9-5-3-7-12(14)10-11-6-2-4-8-13(11)15-16/h3,5,7,9-10,13H,2,4,6,8H2,1H3. The Bertz CT molecular complexity index is 426. The van der Waals surface area contributed by atoms with E-state index in [9.17, 15) is 4.91 Å². The highest BCUT2D eigenvalue weighted by molar-refractivity contribution is 5.60. The molecular weight excluding hydrogens is 214 g/mol. The lowest BCUT2D eigenvalue weighted by atomic mass is 9.89. The second kappa shape index (κ2) is 5.62. The van der Waals surface area contributed by atoms with Crippen LogP contribution in [0.4, 0.5) is 0 Å². The zero-order valence-electron chi connectivity index (χ0n) is 10.1. The van der Waals surface area contributed by atoms with E-state index in [1.165, 1.54) is 0 Å². The summed E-state index contributed by atoms with van der Waals surface area (Å²) in [6.45, 7) is 0. The van der Waals surface area contributed by atoms with E-state index in [2.05, 4.69) is 11.3 Å². The molecule has 1 fully saturated rings. The molecule has 17 heavy (non-hydrogen) atoms. The Labute approximate surface area is 101 Å². The molecule has 0 spiro atoms. The Morgan fingerprint density at radius 2 is 2.18 bits per heavy atom. The second-order valence-electron chi connectivity index (χ2n) is 4.33. The molecule has 0 bridgehead atoms. The van der Waals surface area contributed by atoms with E-state index in [0.717, 1.165) is 42.6 Å². The third-order valence-electron chi connectivity index (χ3n) is 3.23. The van der Waals surface area contributed by atoms with E-state index in [0.29, 0.717) is 0 Å². The van der Waals surface area contributed by atoms with Crippen LogP contribution in [0.1, 0.15) is 31.2 Å². The van der Waals surface area contributed by atoms with Gasteiger partial charge in [0.2, 0.25) is 0 Å². The summed E-state index contributed by atoms with van der Waals surface area (Å²) < 4.78 is 5.30. The van der Waals surface area contributed by atoms with Gasteiger partial charge in [-0.15, -0.1) is 0 Å². The van der Waals surface area contributed by atoms with Crippen LogP contribution in [0.2, 0.25) is 0 Å². The first kappa shape index (κ1) is 11.8. The Kier molecular flexibility index (Phi) is 3.91. The number of hydrogen-bond donors (Lipinski definition) is 0. The Morgan fingerprint density at radius 1 is 1.35 bits per heavy atom. The predicted octanol–water partition coefficient (Wildman–Crippen LogP) is 3.79. The lowest BCUT2D eigenvalue weighted by Crippen LogP contribution is -2.12. The molecule has 0 aliphatic heterocycles. The van der Waals surface area contributed by atoms with E-state index in [1.807, 2.05) is 24.3 Å². The molecule has 0 radical (unpaired) electrons. The van der Waals surface area contributed by atoms with Gasteiger partial charge in [-0.05, 0) is 37.0 Å². The summed E-state index contributed by atoms with van der Waals surface area (Å²) in [6, 6.07) is 7.70. The number of methoxy groups -OCH3 is 1. The fourth-order valence-electron chi connectivity index (χ4n) is 2.29. The van der Waals surface area contributed by atoms with Gasteiger partial charge >= 0.3 is 0 Å². The molecule has 1 aromatic rings. The minimum Gasteiger partial charge on any atom is -0.496 e. The topological polar surface area (TPSA) is 38.7 Å². The van der Waals surface area contributed by atoms with Crippen molar-refractivity contribution in [2.24, 2.45) is 5.18 Å². The highest BCUT2D eigenvalue weighted by Crippen LogP contribution is 2.30. The molecule has 1 aliphatic rings. The number of nitrogens with zero attached hydrogens (tertiary/aromatic N) is 1. The highest BCUT2D eigenvalue weighted by atomic mass is 16.5. The average Bonchev–Trinajstić information content (AvgIpc) is 2.40. The Balaban J connectivity index is 2.30. The van der Waals surface area contributed by atoms with E-state index in [4.69, 9.17) is 4.74 Å². The molecule has 0 saturated heterocycles. The van der Waals surface area contributed by atoms with Crippen molar-refractivity contribution in [3.63, 3.8) is 0 Å². The number of benzene rings is 1. The first-order valence-electron chi connectivity index (χ1n) is 6.01. The maximum absolute atomic E-state index is 10.8. The number of rotatable bonds is 3. The van der Waals surface area contributed by atoms with Crippen LogP contribution < -0.4 is 4.74 Å². The van der Waals surface area contributed by atoms with Crippen molar-refractivity contribution in [1.82, 2.24) is 0 Å². The lowest BCUT2D eigenvalue weighted by molar-refractivity contribution is 0.413. The van der Waals surface area contributed by atoms with Gasteiger partial charge in [-0.1, -0.05) is 29.8 Å². The van der Waals surface area contributed by atoms with Gasteiger partial charge in [0.25, 0.3) is 0 Å². The van der Waals surface area contributed by atoms with Gasteiger partial charge in [-0.25, -0.2) is 0 Å². The zero-order chi connectivity index (χ0) is 12.1. The molecule has 1 saturated carbocycles. The van der Waals surface area contributed by atoms with Gasteiger partial charge in [0, 0.05) is 5.56 Å². The average molecular weight is 231 g/mol. The minimum atomic E-state index is -0.145. The van der Waals surface area contributed by atoms with Gasteiger partial charge in [0.1, 0.15) is 11.8 Å². The van der Waals surface area contributed by atoms with Crippen molar-refractivity contribution >= 4 is 6.08 Å². The molecule has 3 heteroatoms. The van der Waals surface area contributed by atoms with Crippen LogP contribution in [0, 0.1) is 4.91 Å². The van der Waals surface area contributed by atoms with Gasteiger partial charge in [-0.2, -0.15) is 4.91 Å². The zero-order valence-corrected chi connectivity index (χ0v) is 10.1. The van der Waals surface area contributed by atoms with Crippen LogP contribution in [0.25, 0.3) is 6.08 Å². The molecule has 0 N–H and O–H groups in total. The van der Waals surface area contributed by atoms with Crippen LogP contribution in [-0.2, 0) is 0 Å². The van der Waals surface area contributed by atoms with E-state index in [-0.39, 0.29) is 6.04 Å². The van der Waals surface area contributed by atoms with Crippen molar-refractivity contribution in [1.29, 1.82) is 0 Å². The molecule has 1 unspecified atom stereocenters. The normalized spacial score (nSPS) is 22.4. The molecule has 0 aromatic heterocycles. The predicted molar refractivity (Wildman–Crippen MR) is 69.0 cm³/mol. The smallest absolute Gasteiger partial charge is 0.126 e. The Hall–Kier alpha value is -1.64. The van der Waals surface area contributed by atoms with Crippen LogP contribution in [0.15, 0.2) is 35.0 Å². The number of hydrogen-bond acceptors (Lipinski definition) is 3. The summed E-state index contributed by atoms with van der Waals surface area (Å²) in [6.07, 6.45) is 6.15. The fourth-order valence-corrected chi connectivity index (χ4v) is 2.29. The lowest BCUT2D eigenvalue weighted by Gasteiger charge is -2.19. The summed E-state index contributed by atoms with van der Waals surface area (Å²) in [5.74, 6) is 0.843. The first-order chi connectivity index (χ1) is 8.35. The first-order valence-corrected chi connectivity index (χ1v) is 6.01. The van der Waals surface area contributed by atoms with E-state index >= 15 is 0 Å². The number of ether oxygens (including phenoxy) is 1. The van der Waals surface area contributed by atoms with Crippen LogP contribution in [0.3, 0.4) is 0 Å².